The number of aryl methyl sites for hydroxylation is 2. The average Bonchev–Trinajstić information content (AvgIpc) is 2.84. The second-order valence-corrected chi connectivity index (χ2v) is 6.57. The molecule has 3 N–H and O–H groups in total. The van der Waals surface area contributed by atoms with Crippen LogP contribution in [-0.2, 0) is 0 Å². The van der Waals surface area contributed by atoms with E-state index in [1.165, 1.54) is 0 Å². The summed E-state index contributed by atoms with van der Waals surface area (Å²) in [6.07, 6.45) is -1.37. The minimum absolute atomic E-state index is 0.107. The molecule has 4 heteroatoms. The summed E-state index contributed by atoms with van der Waals surface area (Å²) in [4.78, 5) is 12.6. The van der Waals surface area contributed by atoms with Crippen LogP contribution in [0.3, 0.4) is 0 Å². The van der Waals surface area contributed by atoms with Crippen molar-refractivity contribution in [2.75, 3.05) is 0 Å². The third-order valence-corrected chi connectivity index (χ3v) is 4.97. The van der Waals surface area contributed by atoms with Crippen LogP contribution in [0.2, 0.25) is 0 Å². The van der Waals surface area contributed by atoms with Crippen LogP contribution in [0, 0.1) is 13.8 Å². The molecule has 0 aliphatic heterocycles. The molecule has 1 aliphatic carbocycles. The van der Waals surface area contributed by atoms with Gasteiger partial charge in [0.2, 0.25) is 0 Å². The SMILES string of the molecule is Cc1ccccc1C(=O)N[C@H]1[C@H](O)[C@H](O)C[C@@H]1c1ccccc1C. The first-order chi connectivity index (χ1) is 11.5. The van der Waals surface area contributed by atoms with E-state index in [1.807, 2.05) is 56.3 Å². The lowest BCUT2D eigenvalue weighted by molar-refractivity contribution is 0.0294. The van der Waals surface area contributed by atoms with E-state index < -0.39 is 18.2 Å². The monoisotopic (exact) mass is 325 g/mol. The number of rotatable bonds is 3. The lowest BCUT2D eigenvalue weighted by atomic mass is 9.90. The van der Waals surface area contributed by atoms with E-state index in [4.69, 9.17) is 0 Å². The fourth-order valence-corrected chi connectivity index (χ4v) is 3.59. The third kappa shape index (κ3) is 3.07. The molecule has 0 unspecified atom stereocenters. The Balaban J connectivity index is 1.88. The molecule has 3 rings (SSSR count). The molecule has 1 saturated carbocycles. The van der Waals surface area contributed by atoms with E-state index in [0.29, 0.717) is 12.0 Å². The van der Waals surface area contributed by atoms with Gasteiger partial charge in [0.05, 0.1) is 12.1 Å². The summed E-state index contributed by atoms with van der Waals surface area (Å²) in [7, 11) is 0. The van der Waals surface area contributed by atoms with Gasteiger partial charge in [-0.2, -0.15) is 0 Å². The standard InChI is InChI=1S/C20H23NO3/c1-12-7-3-5-9-14(12)16-11-17(22)19(23)18(16)21-20(24)15-10-6-4-8-13(15)2/h3-10,16-19,22-23H,11H2,1-2H3,(H,21,24)/t16-,17-,18-,19-/m1/s1. The van der Waals surface area contributed by atoms with Crippen molar-refractivity contribution in [2.24, 2.45) is 0 Å². The number of aliphatic hydroxyl groups is 2. The van der Waals surface area contributed by atoms with Gasteiger partial charge in [-0.05, 0) is 43.0 Å². The molecule has 24 heavy (non-hydrogen) atoms. The van der Waals surface area contributed by atoms with Crippen LogP contribution in [-0.4, -0.2) is 34.4 Å². The number of hydrogen-bond donors (Lipinski definition) is 3. The predicted molar refractivity (Wildman–Crippen MR) is 93.0 cm³/mol. The Morgan fingerprint density at radius 3 is 2.29 bits per heavy atom. The van der Waals surface area contributed by atoms with Gasteiger partial charge in [-0.15, -0.1) is 0 Å². The smallest absolute Gasteiger partial charge is 0.251 e. The highest BCUT2D eigenvalue weighted by Crippen LogP contribution is 2.36. The molecule has 1 amide bonds. The zero-order valence-electron chi connectivity index (χ0n) is 13.9. The van der Waals surface area contributed by atoms with Crippen LogP contribution in [0.15, 0.2) is 48.5 Å². The van der Waals surface area contributed by atoms with Crippen molar-refractivity contribution in [3.8, 4) is 0 Å². The normalized spacial score (nSPS) is 26.3. The average molecular weight is 325 g/mol. The fraction of sp³-hybridized carbons (Fsp3) is 0.350. The van der Waals surface area contributed by atoms with E-state index in [1.54, 1.807) is 6.07 Å². The molecule has 0 radical (unpaired) electrons. The molecule has 0 aromatic heterocycles. The molecule has 2 aromatic rings. The van der Waals surface area contributed by atoms with Gasteiger partial charge in [0.15, 0.2) is 0 Å². The van der Waals surface area contributed by atoms with Crippen LogP contribution >= 0.6 is 0 Å². The van der Waals surface area contributed by atoms with Crippen LogP contribution in [0.25, 0.3) is 0 Å². The highest BCUT2D eigenvalue weighted by atomic mass is 16.3. The highest BCUT2D eigenvalue weighted by Gasteiger charge is 2.43. The summed E-state index contributed by atoms with van der Waals surface area (Å²) >= 11 is 0. The number of benzene rings is 2. The van der Waals surface area contributed by atoms with Crippen LogP contribution in [0.5, 0.6) is 0 Å². The Labute approximate surface area is 142 Å². The number of amides is 1. The predicted octanol–water partition coefficient (Wildman–Crippen LogP) is 2.31. The first-order valence-corrected chi connectivity index (χ1v) is 8.27. The Bertz CT molecular complexity index is 743. The van der Waals surface area contributed by atoms with Crippen molar-refractivity contribution in [1.82, 2.24) is 5.32 Å². The lowest BCUT2D eigenvalue weighted by Crippen LogP contribution is -2.45. The molecule has 1 fully saturated rings. The molecule has 0 saturated heterocycles. The zero-order chi connectivity index (χ0) is 17.3. The van der Waals surface area contributed by atoms with Gasteiger partial charge in [0, 0.05) is 11.5 Å². The Morgan fingerprint density at radius 1 is 1.00 bits per heavy atom. The Hall–Kier alpha value is -2.17. The van der Waals surface area contributed by atoms with E-state index in [9.17, 15) is 15.0 Å². The summed E-state index contributed by atoms with van der Waals surface area (Å²) in [6.45, 7) is 3.89. The number of carbonyl (C=O) groups is 1. The van der Waals surface area contributed by atoms with E-state index in [-0.39, 0.29) is 11.8 Å². The second kappa shape index (κ2) is 6.75. The third-order valence-electron chi connectivity index (χ3n) is 4.97. The molecule has 1 aliphatic rings. The van der Waals surface area contributed by atoms with Crippen LogP contribution in [0.4, 0.5) is 0 Å². The molecule has 126 valence electrons. The minimum Gasteiger partial charge on any atom is -0.390 e. The van der Waals surface area contributed by atoms with Gasteiger partial charge < -0.3 is 15.5 Å². The summed E-state index contributed by atoms with van der Waals surface area (Å²) in [5.41, 5.74) is 3.63. The van der Waals surface area contributed by atoms with Crippen molar-refractivity contribution in [3.63, 3.8) is 0 Å². The van der Waals surface area contributed by atoms with Crippen molar-refractivity contribution in [3.05, 3.63) is 70.8 Å². The van der Waals surface area contributed by atoms with E-state index in [2.05, 4.69) is 5.32 Å². The molecule has 0 bridgehead atoms. The summed E-state index contributed by atoms with van der Waals surface area (Å²) < 4.78 is 0. The molecule has 2 aromatic carbocycles. The number of nitrogens with one attached hydrogen (secondary N) is 1. The van der Waals surface area contributed by atoms with Gasteiger partial charge in [-0.25, -0.2) is 0 Å². The van der Waals surface area contributed by atoms with Gasteiger partial charge in [-0.1, -0.05) is 42.5 Å². The first-order valence-electron chi connectivity index (χ1n) is 8.27. The minimum atomic E-state index is -0.970. The van der Waals surface area contributed by atoms with Crippen LogP contribution in [0.1, 0.15) is 39.4 Å². The van der Waals surface area contributed by atoms with Gasteiger partial charge in [0.1, 0.15) is 6.10 Å². The Kier molecular flexibility index (Phi) is 4.69. The van der Waals surface area contributed by atoms with Gasteiger partial charge >= 0.3 is 0 Å². The van der Waals surface area contributed by atoms with Crippen molar-refractivity contribution < 1.29 is 15.0 Å². The summed E-state index contributed by atoms with van der Waals surface area (Å²) in [5.74, 6) is -0.325. The molecular formula is C20H23NO3. The van der Waals surface area contributed by atoms with Crippen molar-refractivity contribution in [1.29, 1.82) is 0 Å². The topological polar surface area (TPSA) is 69.6 Å². The molecular weight excluding hydrogens is 302 g/mol. The van der Waals surface area contributed by atoms with Gasteiger partial charge in [0.25, 0.3) is 5.91 Å². The van der Waals surface area contributed by atoms with Crippen LogP contribution < -0.4 is 5.32 Å². The van der Waals surface area contributed by atoms with Gasteiger partial charge in [-0.3, -0.25) is 4.79 Å². The molecule has 0 spiro atoms. The summed E-state index contributed by atoms with van der Waals surface area (Å²) in [5, 5.41) is 23.5. The maximum absolute atomic E-state index is 12.6. The summed E-state index contributed by atoms with van der Waals surface area (Å²) in [6, 6.07) is 14.8. The highest BCUT2D eigenvalue weighted by molar-refractivity contribution is 5.95. The van der Waals surface area contributed by atoms with Crippen molar-refractivity contribution in [2.45, 2.75) is 44.4 Å². The first kappa shape index (κ1) is 16.7. The maximum Gasteiger partial charge on any atom is 0.251 e. The molecule has 0 heterocycles. The number of aliphatic hydroxyl groups excluding tert-OH is 2. The quantitative estimate of drug-likeness (QED) is 0.811. The number of hydrogen-bond acceptors (Lipinski definition) is 3. The van der Waals surface area contributed by atoms with Crippen molar-refractivity contribution >= 4 is 5.91 Å². The lowest BCUT2D eigenvalue weighted by Gasteiger charge is -2.25. The second-order valence-electron chi connectivity index (χ2n) is 6.57. The fourth-order valence-electron chi connectivity index (χ4n) is 3.59. The zero-order valence-corrected chi connectivity index (χ0v) is 13.9. The maximum atomic E-state index is 12.6. The molecule has 4 atom stereocenters. The van der Waals surface area contributed by atoms with E-state index >= 15 is 0 Å². The number of carbonyl (C=O) groups excluding carboxylic acids is 1. The molecule has 4 nitrogen and oxygen atoms in total. The Morgan fingerprint density at radius 2 is 1.62 bits per heavy atom. The van der Waals surface area contributed by atoms with E-state index in [0.717, 1.165) is 16.7 Å². The largest absolute Gasteiger partial charge is 0.390 e.